The van der Waals surface area contributed by atoms with E-state index in [1.807, 2.05) is 37.1 Å². The Bertz CT molecular complexity index is 612. The predicted octanol–water partition coefficient (Wildman–Crippen LogP) is 1.69. The van der Waals surface area contributed by atoms with E-state index in [0.717, 1.165) is 42.9 Å². The van der Waals surface area contributed by atoms with E-state index in [4.69, 9.17) is 0 Å². The van der Waals surface area contributed by atoms with Crippen molar-refractivity contribution >= 4 is 5.95 Å². The fraction of sp³-hybridized carbons (Fsp3) is 0.533. The first-order valence-corrected chi connectivity index (χ1v) is 7.40. The standard InChI is InChI=1S/C15H22N6/c1-11-13(10-21(3)19-11)14-4-7-16-15(18-14)17-12-5-8-20(2)9-6-12/h4,7,10,12H,5-6,8-9H2,1-3H3,(H,16,17,18). The number of aryl methyl sites for hydroxylation is 2. The summed E-state index contributed by atoms with van der Waals surface area (Å²) >= 11 is 0. The molecule has 0 unspecified atom stereocenters. The largest absolute Gasteiger partial charge is 0.351 e. The second-order valence-corrected chi connectivity index (χ2v) is 5.79. The maximum atomic E-state index is 4.64. The summed E-state index contributed by atoms with van der Waals surface area (Å²) < 4.78 is 1.82. The second kappa shape index (κ2) is 5.81. The van der Waals surface area contributed by atoms with Crippen LogP contribution in [0.1, 0.15) is 18.5 Å². The van der Waals surface area contributed by atoms with Crippen molar-refractivity contribution in [2.45, 2.75) is 25.8 Å². The zero-order valence-electron chi connectivity index (χ0n) is 12.9. The van der Waals surface area contributed by atoms with Gasteiger partial charge in [-0.05, 0) is 46.0 Å². The van der Waals surface area contributed by atoms with Gasteiger partial charge in [0.25, 0.3) is 0 Å². The van der Waals surface area contributed by atoms with E-state index in [1.165, 1.54) is 0 Å². The van der Waals surface area contributed by atoms with Crippen molar-refractivity contribution in [3.05, 3.63) is 24.2 Å². The first kappa shape index (κ1) is 14.0. The predicted molar refractivity (Wildman–Crippen MR) is 83.1 cm³/mol. The Hall–Kier alpha value is -1.95. The molecule has 1 aliphatic rings. The van der Waals surface area contributed by atoms with Crippen molar-refractivity contribution in [3.63, 3.8) is 0 Å². The van der Waals surface area contributed by atoms with Gasteiger partial charge in [-0.1, -0.05) is 0 Å². The molecule has 0 aromatic carbocycles. The van der Waals surface area contributed by atoms with Crippen LogP contribution >= 0.6 is 0 Å². The van der Waals surface area contributed by atoms with E-state index in [-0.39, 0.29) is 0 Å². The van der Waals surface area contributed by atoms with E-state index in [2.05, 4.69) is 32.3 Å². The molecule has 0 saturated carbocycles. The maximum Gasteiger partial charge on any atom is 0.223 e. The third-order valence-electron chi connectivity index (χ3n) is 4.00. The average Bonchev–Trinajstić information content (AvgIpc) is 2.81. The topological polar surface area (TPSA) is 58.9 Å². The van der Waals surface area contributed by atoms with E-state index in [0.29, 0.717) is 12.0 Å². The van der Waals surface area contributed by atoms with Crippen LogP contribution in [0.2, 0.25) is 0 Å². The number of anilines is 1. The fourth-order valence-corrected chi connectivity index (χ4v) is 2.76. The molecule has 3 rings (SSSR count). The number of rotatable bonds is 3. The quantitative estimate of drug-likeness (QED) is 0.930. The summed E-state index contributed by atoms with van der Waals surface area (Å²) in [5.74, 6) is 0.713. The van der Waals surface area contributed by atoms with Crippen LogP contribution in [0.3, 0.4) is 0 Å². The number of piperidine rings is 1. The second-order valence-electron chi connectivity index (χ2n) is 5.79. The SMILES string of the molecule is Cc1nn(C)cc1-c1ccnc(NC2CCN(C)CC2)n1. The minimum Gasteiger partial charge on any atom is -0.351 e. The van der Waals surface area contributed by atoms with Gasteiger partial charge in [-0.2, -0.15) is 5.10 Å². The van der Waals surface area contributed by atoms with Crippen LogP contribution in [0, 0.1) is 6.92 Å². The lowest BCUT2D eigenvalue weighted by atomic mass is 10.1. The molecule has 0 aliphatic carbocycles. The summed E-state index contributed by atoms with van der Waals surface area (Å²) in [6.45, 7) is 4.25. The molecule has 0 spiro atoms. The summed E-state index contributed by atoms with van der Waals surface area (Å²) in [7, 11) is 4.09. The first-order valence-electron chi connectivity index (χ1n) is 7.40. The first-order chi connectivity index (χ1) is 10.1. The highest BCUT2D eigenvalue weighted by Gasteiger charge is 2.17. The van der Waals surface area contributed by atoms with Gasteiger partial charge in [-0.3, -0.25) is 4.68 Å². The van der Waals surface area contributed by atoms with Crippen molar-refractivity contribution in [2.24, 2.45) is 7.05 Å². The molecule has 1 N–H and O–H groups in total. The minimum atomic E-state index is 0.464. The molecule has 6 heteroatoms. The average molecular weight is 286 g/mol. The number of nitrogens with one attached hydrogen (secondary N) is 1. The lowest BCUT2D eigenvalue weighted by Crippen LogP contribution is -2.37. The number of aromatic nitrogens is 4. The Kier molecular flexibility index (Phi) is 3.88. The van der Waals surface area contributed by atoms with Gasteiger partial charge in [0.1, 0.15) is 0 Å². The zero-order valence-corrected chi connectivity index (χ0v) is 12.9. The fourth-order valence-electron chi connectivity index (χ4n) is 2.76. The van der Waals surface area contributed by atoms with Crippen LogP contribution in [0.4, 0.5) is 5.95 Å². The Morgan fingerprint density at radius 2 is 2.00 bits per heavy atom. The molecular formula is C15H22N6. The van der Waals surface area contributed by atoms with E-state index < -0.39 is 0 Å². The molecule has 1 saturated heterocycles. The van der Waals surface area contributed by atoms with Gasteiger partial charge in [0.15, 0.2) is 0 Å². The summed E-state index contributed by atoms with van der Waals surface area (Å²) in [5.41, 5.74) is 2.97. The summed E-state index contributed by atoms with van der Waals surface area (Å²) in [4.78, 5) is 11.3. The summed E-state index contributed by atoms with van der Waals surface area (Å²) in [5, 5.41) is 7.83. The molecule has 0 bridgehead atoms. The van der Waals surface area contributed by atoms with Crippen LogP contribution in [0.5, 0.6) is 0 Å². The molecule has 2 aromatic rings. The highest BCUT2D eigenvalue weighted by atomic mass is 15.3. The monoisotopic (exact) mass is 286 g/mol. The lowest BCUT2D eigenvalue weighted by Gasteiger charge is -2.29. The van der Waals surface area contributed by atoms with Crippen LogP contribution in [-0.2, 0) is 7.05 Å². The van der Waals surface area contributed by atoms with Gasteiger partial charge in [0.2, 0.25) is 5.95 Å². The van der Waals surface area contributed by atoms with E-state index in [9.17, 15) is 0 Å². The van der Waals surface area contributed by atoms with E-state index >= 15 is 0 Å². The molecule has 0 amide bonds. The van der Waals surface area contributed by atoms with Gasteiger partial charge in [-0.15, -0.1) is 0 Å². The summed E-state index contributed by atoms with van der Waals surface area (Å²) in [6, 6.07) is 2.40. The minimum absolute atomic E-state index is 0.464. The zero-order chi connectivity index (χ0) is 14.8. The van der Waals surface area contributed by atoms with Crippen LogP contribution in [0.15, 0.2) is 18.5 Å². The van der Waals surface area contributed by atoms with Crippen LogP contribution in [0.25, 0.3) is 11.3 Å². The van der Waals surface area contributed by atoms with Crippen molar-refractivity contribution < 1.29 is 0 Å². The molecule has 0 radical (unpaired) electrons. The number of hydrogen-bond acceptors (Lipinski definition) is 5. The molecule has 1 fully saturated rings. The lowest BCUT2D eigenvalue weighted by molar-refractivity contribution is 0.263. The van der Waals surface area contributed by atoms with Gasteiger partial charge in [0.05, 0.1) is 11.4 Å². The molecule has 1 aliphatic heterocycles. The Labute approximate surface area is 125 Å². The molecule has 3 heterocycles. The van der Waals surface area contributed by atoms with Crippen molar-refractivity contribution in [1.82, 2.24) is 24.6 Å². The highest BCUT2D eigenvalue weighted by Crippen LogP contribution is 2.21. The van der Waals surface area contributed by atoms with Crippen LogP contribution in [-0.4, -0.2) is 50.8 Å². The highest BCUT2D eigenvalue weighted by molar-refractivity contribution is 5.61. The third kappa shape index (κ3) is 3.21. The van der Waals surface area contributed by atoms with Crippen LogP contribution < -0.4 is 5.32 Å². The molecule has 112 valence electrons. The molecule has 21 heavy (non-hydrogen) atoms. The van der Waals surface area contributed by atoms with E-state index in [1.54, 1.807) is 0 Å². The number of hydrogen-bond donors (Lipinski definition) is 1. The maximum absolute atomic E-state index is 4.64. The van der Waals surface area contributed by atoms with Gasteiger partial charge >= 0.3 is 0 Å². The molecule has 2 aromatic heterocycles. The Morgan fingerprint density at radius 3 is 2.67 bits per heavy atom. The number of likely N-dealkylation sites (tertiary alicyclic amines) is 1. The third-order valence-corrected chi connectivity index (χ3v) is 4.00. The van der Waals surface area contributed by atoms with Crippen molar-refractivity contribution in [1.29, 1.82) is 0 Å². The smallest absolute Gasteiger partial charge is 0.223 e. The Balaban J connectivity index is 1.76. The molecule has 6 nitrogen and oxygen atoms in total. The van der Waals surface area contributed by atoms with Crippen molar-refractivity contribution in [2.75, 3.05) is 25.5 Å². The summed E-state index contributed by atoms with van der Waals surface area (Å²) in [6.07, 6.45) is 6.08. The number of nitrogens with zero attached hydrogens (tertiary/aromatic N) is 5. The van der Waals surface area contributed by atoms with Gasteiger partial charge < -0.3 is 10.2 Å². The van der Waals surface area contributed by atoms with Gasteiger partial charge in [-0.25, -0.2) is 9.97 Å². The normalized spacial score (nSPS) is 17.1. The van der Waals surface area contributed by atoms with Crippen molar-refractivity contribution in [3.8, 4) is 11.3 Å². The van der Waals surface area contributed by atoms with Gasteiger partial charge in [0, 0.05) is 31.0 Å². The molecular weight excluding hydrogens is 264 g/mol. The molecule has 0 atom stereocenters. The Morgan fingerprint density at radius 1 is 1.24 bits per heavy atom.